The van der Waals surface area contributed by atoms with Crippen molar-refractivity contribution in [2.24, 2.45) is 0 Å². The van der Waals surface area contributed by atoms with E-state index >= 15 is 0 Å². The number of rotatable bonds is 3. The van der Waals surface area contributed by atoms with Gasteiger partial charge in [-0.2, -0.15) is 11.8 Å². The van der Waals surface area contributed by atoms with Gasteiger partial charge in [0.25, 0.3) is 0 Å². The van der Waals surface area contributed by atoms with Gasteiger partial charge in [-0.05, 0) is 11.4 Å². The van der Waals surface area contributed by atoms with Crippen molar-refractivity contribution in [3.63, 3.8) is 0 Å². The van der Waals surface area contributed by atoms with Crippen LogP contribution in [-0.4, -0.2) is 71.0 Å². The minimum absolute atomic E-state index is 0.276. The lowest BCUT2D eigenvalue weighted by Gasteiger charge is -2.36. The normalized spacial score (nSPS) is 22.1. The summed E-state index contributed by atoms with van der Waals surface area (Å²) in [5.74, 6) is 3.47. The van der Waals surface area contributed by atoms with Gasteiger partial charge in [0, 0.05) is 56.7 Å². The number of hydrogen-bond donors (Lipinski definition) is 1. The Morgan fingerprint density at radius 2 is 2.17 bits per heavy atom. The molecule has 8 heteroatoms. The zero-order valence-corrected chi connectivity index (χ0v) is 15.1. The molecule has 2 aliphatic rings. The number of carbonyl (C=O) groups excluding carboxylic acids is 1. The summed E-state index contributed by atoms with van der Waals surface area (Å²) in [6, 6.07) is 2.42. The summed E-state index contributed by atoms with van der Waals surface area (Å²) in [5.41, 5.74) is 0. The first-order valence-corrected chi connectivity index (χ1v) is 10.4. The van der Waals surface area contributed by atoms with E-state index in [1.54, 1.807) is 17.7 Å². The van der Waals surface area contributed by atoms with Gasteiger partial charge in [0.1, 0.15) is 17.0 Å². The molecule has 24 heavy (non-hydrogen) atoms. The number of anilines is 1. The van der Waals surface area contributed by atoms with Gasteiger partial charge in [0.15, 0.2) is 0 Å². The van der Waals surface area contributed by atoms with E-state index in [2.05, 4.69) is 31.6 Å². The maximum atomic E-state index is 12.5. The molecule has 1 atom stereocenters. The summed E-state index contributed by atoms with van der Waals surface area (Å²) < 4.78 is 0. The molecule has 4 rings (SSSR count). The highest BCUT2D eigenvalue weighted by Gasteiger charge is 2.25. The van der Waals surface area contributed by atoms with Crippen LogP contribution < -0.4 is 10.2 Å². The van der Waals surface area contributed by atoms with E-state index in [4.69, 9.17) is 0 Å². The Hall–Kier alpha value is -1.38. The fourth-order valence-corrected chi connectivity index (χ4v) is 4.96. The van der Waals surface area contributed by atoms with E-state index in [0.29, 0.717) is 12.5 Å². The maximum absolute atomic E-state index is 12.5. The Labute approximate surface area is 149 Å². The Bertz CT molecular complexity index is 707. The molecule has 1 N–H and O–H groups in total. The molecule has 1 unspecified atom stereocenters. The summed E-state index contributed by atoms with van der Waals surface area (Å²) in [6.07, 6.45) is 2.26. The van der Waals surface area contributed by atoms with Crippen molar-refractivity contribution >= 4 is 45.0 Å². The van der Waals surface area contributed by atoms with Crippen LogP contribution in [0.5, 0.6) is 0 Å². The number of aromatic nitrogens is 2. The van der Waals surface area contributed by atoms with Crippen LogP contribution in [-0.2, 0) is 4.79 Å². The molecule has 128 valence electrons. The van der Waals surface area contributed by atoms with Crippen LogP contribution >= 0.6 is 23.1 Å². The average molecular weight is 364 g/mol. The topological polar surface area (TPSA) is 61.4 Å². The highest BCUT2D eigenvalue weighted by Crippen LogP contribution is 2.27. The van der Waals surface area contributed by atoms with Gasteiger partial charge in [-0.15, -0.1) is 11.3 Å². The first-order valence-electron chi connectivity index (χ1n) is 8.33. The van der Waals surface area contributed by atoms with Crippen molar-refractivity contribution in [2.75, 3.05) is 49.1 Å². The summed E-state index contributed by atoms with van der Waals surface area (Å²) in [7, 11) is 0. The number of piperazine rings is 1. The quantitative estimate of drug-likeness (QED) is 0.890. The van der Waals surface area contributed by atoms with Crippen molar-refractivity contribution in [3.05, 3.63) is 17.8 Å². The first kappa shape index (κ1) is 16.1. The van der Waals surface area contributed by atoms with E-state index in [0.717, 1.165) is 60.3 Å². The molecule has 2 aliphatic heterocycles. The van der Waals surface area contributed by atoms with Crippen LogP contribution in [0.3, 0.4) is 0 Å². The molecule has 2 aromatic heterocycles. The fraction of sp³-hybridized carbons (Fsp3) is 0.562. The number of thioether (sulfide) groups is 1. The predicted molar refractivity (Wildman–Crippen MR) is 99.9 cm³/mol. The number of amides is 1. The second-order valence-electron chi connectivity index (χ2n) is 6.13. The van der Waals surface area contributed by atoms with Gasteiger partial charge in [-0.25, -0.2) is 9.97 Å². The van der Waals surface area contributed by atoms with Gasteiger partial charge in [0.05, 0.1) is 5.39 Å². The third kappa shape index (κ3) is 3.36. The monoisotopic (exact) mass is 363 g/mol. The Morgan fingerprint density at radius 1 is 1.29 bits per heavy atom. The number of nitrogens with zero attached hydrogens (tertiary/aromatic N) is 4. The fourth-order valence-electron chi connectivity index (χ4n) is 3.29. The molecule has 4 heterocycles. The summed E-state index contributed by atoms with van der Waals surface area (Å²) in [6.45, 7) is 4.23. The van der Waals surface area contributed by atoms with Gasteiger partial charge in [0.2, 0.25) is 5.91 Å². The minimum atomic E-state index is 0.276. The van der Waals surface area contributed by atoms with Crippen molar-refractivity contribution < 1.29 is 4.79 Å². The number of thiophene rings is 1. The minimum Gasteiger partial charge on any atom is -0.352 e. The first-order chi connectivity index (χ1) is 11.8. The van der Waals surface area contributed by atoms with Gasteiger partial charge in [-0.1, -0.05) is 0 Å². The van der Waals surface area contributed by atoms with Gasteiger partial charge in [-0.3, -0.25) is 4.79 Å². The van der Waals surface area contributed by atoms with E-state index in [1.165, 1.54) is 0 Å². The van der Waals surface area contributed by atoms with Crippen LogP contribution in [0.1, 0.15) is 6.42 Å². The number of fused-ring (bicyclic) bond motifs is 1. The molecule has 1 amide bonds. The van der Waals surface area contributed by atoms with Gasteiger partial charge < -0.3 is 15.1 Å². The molecule has 0 bridgehead atoms. The lowest BCUT2D eigenvalue weighted by Crippen LogP contribution is -2.51. The van der Waals surface area contributed by atoms with Crippen LogP contribution in [0.15, 0.2) is 17.8 Å². The van der Waals surface area contributed by atoms with Crippen LogP contribution in [0, 0.1) is 0 Å². The van der Waals surface area contributed by atoms with Crippen LogP contribution in [0.25, 0.3) is 10.2 Å². The number of hydrogen-bond acceptors (Lipinski definition) is 7. The molecular weight excluding hydrogens is 342 g/mol. The van der Waals surface area contributed by atoms with Gasteiger partial charge >= 0.3 is 0 Å². The molecule has 2 aromatic rings. The molecule has 0 saturated carbocycles. The Balaban J connectivity index is 1.36. The van der Waals surface area contributed by atoms with Crippen molar-refractivity contribution in [3.8, 4) is 0 Å². The third-order valence-electron chi connectivity index (χ3n) is 4.59. The summed E-state index contributed by atoms with van der Waals surface area (Å²) in [4.78, 5) is 26.6. The molecule has 2 fully saturated rings. The van der Waals surface area contributed by atoms with E-state index < -0.39 is 0 Å². The second kappa shape index (κ2) is 7.25. The maximum Gasteiger partial charge on any atom is 0.224 e. The summed E-state index contributed by atoms with van der Waals surface area (Å²) >= 11 is 3.58. The standard InChI is InChI=1S/C16H21N5OS2/c22-14(9-12-10-23-8-2-17-12)20-3-5-21(6-4-20)15-13-1-7-24-16(13)19-11-18-15/h1,7,11-12,17H,2-6,8-10H2. The number of nitrogens with one attached hydrogen (secondary N) is 1. The van der Waals surface area contributed by atoms with Crippen LogP contribution in [0.2, 0.25) is 0 Å². The molecular formula is C16H21N5OS2. The van der Waals surface area contributed by atoms with E-state index in [1.807, 2.05) is 16.7 Å². The number of carbonyl (C=O) groups is 1. The van der Waals surface area contributed by atoms with Crippen molar-refractivity contribution in [2.45, 2.75) is 12.5 Å². The highest BCUT2D eigenvalue weighted by molar-refractivity contribution is 7.99. The molecule has 0 aromatic carbocycles. The third-order valence-corrected chi connectivity index (χ3v) is 6.54. The predicted octanol–water partition coefficient (Wildman–Crippen LogP) is 1.43. The largest absolute Gasteiger partial charge is 0.352 e. The van der Waals surface area contributed by atoms with Crippen LogP contribution in [0.4, 0.5) is 5.82 Å². The van der Waals surface area contributed by atoms with E-state index in [-0.39, 0.29) is 5.91 Å². The molecule has 0 spiro atoms. The van der Waals surface area contributed by atoms with Crippen molar-refractivity contribution in [1.29, 1.82) is 0 Å². The average Bonchev–Trinajstić information content (AvgIpc) is 3.11. The second-order valence-corrected chi connectivity index (χ2v) is 8.18. The lowest BCUT2D eigenvalue weighted by atomic mass is 10.2. The molecule has 6 nitrogen and oxygen atoms in total. The smallest absolute Gasteiger partial charge is 0.224 e. The Morgan fingerprint density at radius 3 is 2.96 bits per heavy atom. The molecule has 2 saturated heterocycles. The molecule has 0 aliphatic carbocycles. The van der Waals surface area contributed by atoms with E-state index in [9.17, 15) is 4.79 Å². The SMILES string of the molecule is O=C(CC1CSCCN1)N1CCN(c2ncnc3sccc23)CC1. The zero-order chi connectivity index (χ0) is 16.4. The Kier molecular flexibility index (Phi) is 4.86. The lowest BCUT2D eigenvalue weighted by molar-refractivity contribution is -0.131. The van der Waals surface area contributed by atoms with Crippen molar-refractivity contribution in [1.82, 2.24) is 20.2 Å². The summed E-state index contributed by atoms with van der Waals surface area (Å²) in [5, 5.41) is 6.62. The zero-order valence-electron chi connectivity index (χ0n) is 13.5. The molecule has 0 radical (unpaired) electrons. The highest BCUT2D eigenvalue weighted by atomic mass is 32.2.